The van der Waals surface area contributed by atoms with Crippen molar-refractivity contribution < 1.29 is 8.42 Å². The summed E-state index contributed by atoms with van der Waals surface area (Å²) in [6, 6.07) is 2.06. The molecule has 1 aliphatic carbocycles. The molecular weight excluding hydrogens is 292 g/mol. The van der Waals surface area contributed by atoms with Gasteiger partial charge in [-0.3, -0.25) is 0 Å². The zero-order chi connectivity index (χ0) is 14.5. The van der Waals surface area contributed by atoms with Crippen LogP contribution in [0, 0.1) is 25.7 Å². The largest absolute Gasteiger partial charge is 0.328 e. The maximum absolute atomic E-state index is 12.8. The van der Waals surface area contributed by atoms with Gasteiger partial charge in [-0.05, 0) is 51.0 Å². The highest BCUT2D eigenvalue weighted by atomic mass is 32.2. The number of aryl methyl sites for hydroxylation is 2. The number of hydrogen-bond donors (Lipinski definition) is 1. The van der Waals surface area contributed by atoms with E-state index >= 15 is 0 Å². The summed E-state index contributed by atoms with van der Waals surface area (Å²) in [6.07, 6.45) is 3.07. The second-order valence-electron chi connectivity index (χ2n) is 6.19. The molecule has 0 bridgehead atoms. The van der Waals surface area contributed by atoms with Crippen molar-refractivity contribution >= 4 is 21.4 Å². The predicted molar refractivity (Wildman–Crippen MR) is 81.4 cm³/mol. The molecule has 3 atom stereocenters. The van der Waals surface area contributed by atoms with Crippen LogP contribution in [0.25, 0.3) is 0 Å². The van der Waals surface area contributed by atoms with E-state index in [0.717, 1.165) is 29.0 Å². The molecule has 4 nitrogen and oxygen atoms in total. The molecule has 3 rings (SSSR count). The van der Waals surface area contributed by atoms with E-state index in [1.165, 1.54) is 0 Å². The summed E-state index contributed by atoms with van der Waals surface area (Å²) in [4.78, 5) is 2.46. The quantitative estimate of drug-likeness (QED) is 0.909. The van der Waals surface area contributed by atoms with Crippen LogP contribution in [0.15, 0.2) is 11.0 Å². The van der Waals surface area contributed by atoms with E-state index in [0.29, 0.717) is 29.8 Å². The van der Waals surface area contributed by atoms with Crippen molar-refractivity contribution in [2.24, 2.45) is 17.6 Å². The van der Waals surface area contributed by atoms with Crippen molar-refractivity contribution in [3.05, 3.63) is 15.8 Å². The highest BCUT2D eigenvalue weighted by Gasteiger charge is 2.42. The van der Waals surface area contributed by atoms with E-state index in [9.17, 15) is 8.42 Å². The van der Waals surface area contributed by atoms with Crippen LogP contribution in [-0.2, 0) is 10.0 Å². The Morgan fingerprint density at radius 2 is 1.95 bits per heavy atom. The van der Waals surface area contributed by atoms with Gasteiger partial charge in [0.05, 0.1) is 4.90 Å². The lowest BCUT2D eigenvalue weighted by Crippen LogP contribution is -2.32. The van der Waals surface area contributed by atoms with Crippen LogP contribution >= 0.6 is 11.3 Å². The van der Waals surface area contributed by atoms with Gasteiger partial charge >= 0.3 is 0 Å². The summed E-state index contributed by atoms with van der Waals surface area (Å²) in [5, 5.41) is 0. The van der Waals surface area contributed by atoms with Crippen LogP contribution in [0.5, 0.6) is 0 Å². The Hall–Kier alpha value is -0.430. The second-order valence-corrected chi connectivity index (χ2v) is 9.56. The summed E-state index contributed by atoms with van der Waals surface area (Å²) in [5.41, 5.74) is 6.02. The molecule has 1 aliphatic heterocycles. The minimum atomic E-state index is -3.32. The van der Waals surface area contributed by atoms with E-state index in [1.807, 2.05) is 19.9 Å². The first-order chi connectivity index (χ1) is 9.38. The van der Waals surface area contributed by atoms with Crippen LogP contribution in [0.1, 0.15) is 29.0 Å². The fourth-order valence-corrected chi connectivity index (χ4v) is 6.70. The van der Waals surface area contributed by atoms with E-state index in [4.69, 9.17) is 5.73 Å². The number of nitrogens with zero attached hydrogens (tertiary/aromatic N) is 1. The summed E-state index contributed by atoms with van der Waals surface area (Å²) in [6.45, 7) is 5.17. The Kier molecular flexibility index (Phi) is 3.69. The third-order valence-electron chi connectivity index (χ3n) is 4.67. The van der Waals surface area contributed by atoms with Crippen molar-refractivity contribution in [2.75, 3.05) is 13.1 Å². The van der Waals surface area contributed by atoms with Gasteiger partial charge in [-0.1, -0.05) is 0 Å². The predicted octanol–water partition coefficient (Wildman–Crippen LogP) is 2.11. The zero-order valence-corrected chi connectivity index (χ0v) is 13.6. The Morgan fingerprint density at radius 3 is 2.60 bits per heavy atom. The molecular formula is C14H22N2O2S2. The third kappa shape index (κ3) is 2.43. The summed E-state index contributed by atoms with van der Waals surface area (Å²) in [7, 11) is -3.32. The molecule has 0 aromatic carbocycles. The van der Waals surface area contributed by atoms with Crippen molar-refractivity contribution in [2.45, 2.75) is 44.0 Å². The Balaban J connectivity index is 1.85. The average Bonchev–Trinajstić information content (AvgIpc) is 2.92. The Labute approximate surface area is 125 Å². The topological polar surface area (TPSA) is 63.4 Å². The lowest BCUT2D eigenvalue weighted by atomic mass is 9.79. The number of sulfonamides is 1. The lowest BCUT2D eigenvalue weighted by molar-refractivity contribution is 0.271. The lowest BCUT2D eigenvalue weighted by Gasteiger charge is -2.28. The highest BCUT2D eigenvalue weighted by Crippen LogP contribution is 2.39. The van der Waals surface area contributed by atoms with Crippen LogP contribution < -0.4 is 5.73 Å². The van der Waals surface area contributed by atoms with Gasteiger partial charge in [-0.25, -0.2) is 8.42 Å². The van der Waals surface area contributed by atoms with Gasteiger partial charge < -0.3 is 5.73 Å². The van der Waals surface area contributed by atoms with Gasteiger partial charge in [0.1, 0.15) is 0 Å². The standard InChI is InChI=1S/C14H22N2O2S2/c1-9-5-14(10(2)19-9)20(17,18)16-7-11-3-4-13(15)6-12(11)8-16/h5,11-13H,3-4,6-8,15H2,1-2H3/t11-,12+,13?/m1/s1. The molecule has 1 saturated heterocycles. The molecule has 2 aliphatic rings. The minimum Gasteiger partial charge on any atom is -0.328 e. The molecule has 2 fully saturated rings. The second kappa shape index (κ2) is 5.09. The maximum atomic E-state index is 12.8. The molecule has 2 N–H and O–H groups in total. The summed E-state index contributed by atoms with van der Waals surface area (Å²) in [5.74, 6) is 0.957. The first kappa shape index (κ1) is 14.5. The van der Waals surface area contributed by atoms with Gasteiger partial charge in [0, 0.05) is 28.9 Å². The molecule has 1 aromatic heterocycles. The third-order valence-corrected chi connectivity index (χ3v) is 7.72. The Morgan fingerprint density at radius 1 is 1.25 bits per heavy atom. The number of fused-ring (bicyclic) bond motifs is 1. The molecule has 6 heteroatoms. The average molecular weight is 314 g/mol. The molecule has 1 unspecified atom stereocenters. The first-order valence-corrected chi connectivity index (χ1v) is 9.46. The fraction of sp³-hybridized carbons (Fsp3) is 0.714. The molecule has 0 radical (unpaired) electrons. The molecule has 20 heavy (non-hydrogen) atoms. The molecule has 0 spiro atoms. The number of hydrogen-bond acceptors (Lipinski definition) is 4. The minimum absolute atomic E-state index is 0.254. The molecule has 1 saturated carbocycles. The van der Waals surface area contributed by atoms with Crippen molar-refractivity contribution in [3.63, 3.8) is 0 Å². The fourth-order valence-electron chi connectivity index (χ4n) is 3.62. The summed E-state index contributed by atoms with van der Waals surface area (Å²) >= 11 is 1.55. The van der Waals surface area contributed by atoms with E-state index in [1.54, 1.807) is 15.6 Å². The van der Waals surface area contributed by atoms with Gasteiger partial charge in [-0.2, -0.15) is 4.31 Å². The van der Waals surface area contributed by atoms with Crippen molar-refractivity contribution in [1.29, 1.82) is 0 Å². The van der Waals surface area contributed by atoms with E-state index in [-0.39, 0.29) is 6.04 Å². The number of nitrogens with two attached hydrogens (primary N) is 1. The number of rotatable bonds is 2. The van der Waals surface area contributed by atoms with E-state index in [2.05, 4.69) is 0 Å². The van der Waals surface area contributed by atoms with Gasteiger partial charge in [-0.15, -0.1) is 11.3 Å². The van der Waals surface area contributed by atoms with Gasteiger partial charge in [0.15, 0.2) is 0 Å². The molecule has 0 amide bonds. The van der Waals surface area contributed by atoms with Gasteiger partial charge in [0.2, 0.25) is 10.0 Å². The summed E-state index contributed by atoms with van der Waals surface area (Å²) < 4.78 is 27.3. The van der Waals surface area contributed by atoms with Crippen LogP contribution in [0.3, 0.4) is 0 Å². The number of thiophene rings is 1. The zero-order valence-electron chi connectivity index (χ0n) is 12.0. The van der Waals surface area contributed by atoms with Crippen molar-refractivity contribution in [3.8, 4) is 0 Å². The highest BCUT2D eigenvalue weighted by molar-refractivity contribution is 7.89. The monoisotopic (exact) mass is 314 g/mol. The molecule has 112 valence electrons. The van der Waals surface area contributed by atoms with Crippen LogP contribution in [0.2, 0.25) is 0 Å². The smallest absolute Gasteiger partial charge is 0.244 e. The Bertz CT molecular complexity index is 609. The van der Waals surface area contributed by atoms with Crippen LogP contribution in [-0.4, -0.2) is 31.9 Å². The maximum Gasteiger partial charge on any atom is 0.244 e. The van der Waals surface area contributed by atoms with E-state index < -0.39 is 10.0 Å². The first-order valence-electron chi connectivity index (χ1n) is 7.20. The molecule has 2 heterocycles. The van der Waals surface area contributed by atoms with Crippen molar-refractivity contribution in [1.82, 2.24) is 4.31 Å². The van der Waals surface area contributed by atoms with Crippen LogP contribution in [0.4, 0.5) is 0 Å². The normalized spacial score (nSPS) is 31.4. The SMILES string of the molecule is Cc1cc(S(=O)(=O)N2C[C@H]3CCC(N)C[C@H]3C2)c(C)s1. The molecule has 1 aromatic rings. The van der Waals surface area contributed by atoms with Gasteiger partial charge in [0.25, 0.3) is 0 Å².